The Hall–Kier alpha value is -1.06. The van der Waals surface area contributed by atoms with Crippen molar-refractivity contribution in [3.8, 4) is 5.75 Å². The molecule has 2 atom stereocenters. The summed E-state index contributed by atoms with van der Waals surface area (Å²) in [6, 6.07) is 9.00. The topological polar surface area (TPSA) is 24.5 Å². The molecule has 104 valence electrons. The fraction of sp³-hybridized carbons (Fsp3) is 0.625. The quantitative estimate of drug-likeness (QED) is 0.839. The minimum absolute atomic E-state index is 0.196. The van der Waals surface area contributed by atoms with Crippen LogP contribution in [0.15, 0.2) is 24.3 Å². The number of fused-ring (bicyclic) bond motifs is 1. The molecule has 1 aromatic carbocycles. The maximum atomic E-state index is 5.88. The van der Waals surface area contributed by atoms with Crippen LogP contribution in [-0.2, 0) is 0 Å². The predicted molar refractivity (Wildman–Crippen MR) is 77.5 cm³/mol. The molecule has 2 heterocycles. The highest BCUT2D eigenvalue weighted by atomic mass is 16.5. The van der Waals surface area contributed by atoms with E-state index in [0.29, 0.717) is 12.0 Å². The zero-order valence-corrected chi connectivity index (χ0v) is 12.1. The van der Waals surface area contributed by atoms with Crippen LogP contribution < -0.4 is 10.1 Å². The number of hydrogen-bond acceptors (Lipinski definition) is 3. The van der Waals surface area contributed by atoms with Gasteiger partial charge in [-0.3, -0.25) is 4.90 Å². The third-order valence-corrected chi connectivity index (χ3v) is 4.48. The molecule has 1 fully saturated rings. The Kier molecular flexibility index (Phi) is 3.27. The van der Waals surface area contributed by atoms with Crippen molar-refractivity contribution in [2.45, 2.75) is 32.4 Å². The third-order valence-electron chi connectivity index (χ3n) is 4.48. The molecular formula is C16H24N2O. The molecule has 2 aliphatic heterocycles. The van der Waals surface area contributed by atoms with Crippen molar-refractivity contribution in [1.82, 2.24) is 10.2 Å². The van der Waals surface area contributed by atoms with Crippen molar-refractivity contribution >= 4 is 0 Å². The summed E-state index contributed by atoms with van der Waals surface area (Å²) in [6.45, 7) is 11.0. The van der Waals surface area contributed by atoms with Gasteiger partial charge in [0.2, 0.25) is 0 Å². The van der Waals surface area contributed by atoms with Crippen molar-refractivity contribution in [3.05, 3.63) is 29.8 Å². The molecule has 1 N–H and O–H groups in total. The van der Waals surface area contributed by atoms with Gasteiger partial charge in [-0.15, -0.1) is 0 Å². The Morgan fingerprint density at radius 3 is 2.89 bits per heavy atom. The van der Waals surface area contributed by atoms with Crippen LogP contribution in [0.25, 0.3) is 0 Å². The Bertz CT molecular complexity index is 458. The molecule has 3 rings (SSSR count). The van der Waals surface area contributed by atoms with Gasteiger partial charge in [0, 0.05) is 42.7 Å². The lowest BCUT2D eigenvalue weighted by Crippen LogP contribution is -2.60. The predicted octanol–water partition coefficient (Wildman–Crippen LogP) is 2.44. The van der Waals surface area contributed by atoms with E-state index in [4.69, 9.17) is 4.74 Å². The molecule has 0 saturated carbocycles. The highest BCUT2D eigenvalue weighted by Crippen LogP contribution is 2.42. The number of nitrogens with zero attached hydrogens (tertiary/aromatic N) is 1. The SMILES string of the molecule is CC1COc2ccccc2C1N1CCNCC1(C)C. The van der Waals surface area contributed by atoms with Crippen molar-refractivity contribution in [1.29, 1.82) is 0 Å². The minimum atomic E-state index is 0.196. The lowest BCUT2D eigenvalue weighted by molar-refractivity contribution is -0.000858. The van der Waals surface area contributed by atoms with Crippen LogP contribution >= 0.6 is 0 Å². The Morgan fingerprint density at radius 2 is 2.11 bits per heavy atom. The second-order valence-corrected chi connectivity index (χ2v) is 6.45. The second kappa shape index (κ2) is 4.80. The van der Waals surface area contributed by atoms with Crippen LogP contribution in [0.2, 0.25) is 0 Å². The summed E-state index contributed by atoms with van der Waals surface area (Å²) < 4.78 is 5.88. The van der Waals surface area contributed by atoms with Gasteiger partial charge >= 0.3 is 0 Å². The second-order valence-electron chi connectivity index (χ2n) is 6.45. The smallest absolute Gasteiger partial charge is 0.124 e. The lowest BCUT2D eigenvalue weighted by atomic mass is 9.86. The first-order valence-corrected chi connectivity index (χ1v) is 7.29. The average molecular weight is 260 g/mol. The number of nitrogens with one attached hydrogen (secondary N) is 1. The van der Waals surface area contributed by atoms with E-state index in [0.717, 1.165) is 32.0 Å². The van der Waals surface area contributed by atoms with E-state index in [1.807, 2.05) is 0 Å². The molecule has 3 heteroatoms. The van der Waals surface area contributed by atoms with Gasteiger partial charge in [-0.2, -0.15) is 0 Å². The summed E-state index contributed by atoms with van der Waals surface area (Å²) in [6.07, 6.45) is 0. The van der Waals surface area contributed by atoms with Crippen LogP contribution in [0.1, 0.15) is 32.4 Å². The molecule has 0 aliphatic carbocycles. The molecule has 0 spiro atoms. The van der Waals surface area contributed by atoms with Gasteiger partial charge in [-0.05, 0) is 19.9 Å². The summed E-state index contributed by atoms with van der Waals surface area (Å²) in [5.41, 5.74) is 1.55. The molecule has 1 saturated heterocycles. The van der Waals surface area contributed by atoms with Crippen LogP contribution in [0.3, 0.4) is 0 Å². The average Bonchev–Trinajstić information content (AvgIpc) is 2.39. The molecule has 0 amide bonds. The maximum absolute atomic E-state index is 5.88. The molecule has 0 aromatic heterocycles. The number of hydrogen-bond donors (Lipinski definition) is 1. The van der Waals surface area contributed by atoms with Gasteiger partial charge in [-0.25, -0.2) is 0 Å². The van der Waals surface area contributed by atoms with Crippen LogP contribution in [0.4, 0.5) is 0 Å². The van der Waals surface area contributed by atoms with Gasteiger partial charge in [0.15, 0.2) is 0 Å². The largest absolute Gasteiger partial charge is 0.493 e. The maximum Gasteiger partial charge on any atom is 0.124 e. The molecule has 1 aromatic rings. The third kappa shape index (κ3) is 2.26. The molecule has 0 bridgehead atoms. The van der Waals surface area contributed by atoms with E-state index in [9.17, 15) is 0 Å². The number of piperazine rings is 1. The Labute approximate surface area is 115 Å². The normalized spacial score (nSPS) is 30.5. The highest BCUT2D eigenvalue weighted by molar-refractivity contribution is 5.38. The number of rotatable bonds is 1. The summed E-state index contributed by atoms with van der Waals surface area (Å²) >= 11 is 0. The molecule has 19 heavy (non-hydrogen) atoms. The van der Waals surface area contributed by atoms with Gasteiger partial charge in [-0.1, -0.05) is 25.1 Å². The van der Waals surface area contributed by atoms with E-state index in [1.165, 1.54) is 5.56 Å². The van der Waals surface area contributed by atoms with E-state index in [-0.39, 0.29) is 5.54 Å². The summed E-state index contributed by atoms with van der Waals surface area (Å²) in [5, 5.41) is 3.51. The summed E-state index contributed by atoms with van der Waals surface area (Å²) in [7, 11) is 0. The highest BCUT2D eigenvalue weighted by Gasteiger charge is 2.40. The standard InChI is InChI=1S/C16H24N2O/c1-12-10-19-14-7-5-4-6-13(14)15(12)18-9-8-17-11-16(18,2)3/h4-7,12,15,17H,8-11H2,1-3H3. The minimum Gasteiger partial charge on any atom is -0.493 e. The van der Waals surface area contributed by atoms with Crippen molar-refractivity contribution < 1.29 is 4.74 Å². The van der Waals surface area contributed by atoms with Crippen molar-refractivity contribution in [3.63, 3.8) is 0 Å². The van der Waals surface area contributed by atoms with Gasteiger partial charge in [0.25, 0.3) is 0 Å². The molecule has 2 unspecified atom stereocenters. The number of ether oxygens (including phenoxy) is 1. The van der Waals surface area contributed by atoms with Crippen LogP contribution in [0, 0.1) is 5.92 Å². The Balaban J connectivity index is 1.99. The molecule has 3 nitrogen and oxygen atoms in total. The van der Waals surface area contributed by atoms with E-state index in [2.05, 4.69) is 55.3 Å². The number of para-hydroxylation sites is 1. The zero-order chi connectivity index (χ0) is 13.5. The monoisotopic (exact) mass is 260 g/mol. The van der Waals surface area contributed by atoms with E-state index in [1.54, 1.807) is 0 Å². The van der Waals surface area contributed by atoms with Crippen LogP contribution in [-0.4, -0.2) is 36.7 Å². The summed E-state index contributed by atoms with van der Waals surface area (Å²) in [5.74, 6) is 1.60. The first-order valence-electron chi connectivity index (χ1n) is 7.29. The first kappa shape index (κ1) is 12.9. The van der Waals surface area contributed by atoms with Gasteiger partial charge < -0.3 is 10.1 Å². The van der Waals surface area contributed by atoms with E-state index >= 15 is 0 Å². The number of benzene rings is 1. The Morgan fingerprint density at radius 1 is 1.32 bits per heavy atom. The van der Waals surface area contributed by atoms with Crippen molar-refractivity contribution in [2.75, 3.05) is 26.2 Å². The molecular weight excluding hydrogens is 236 g/mol. The zero-order valence-electron chi connectivity index (χ0n) is 12.1. The molecule has 0 radical (unpaired) electrons. The first-order chi connectivity index (χ1) is 9.09. The molecule has 2 aliphatic rings. The van der Waals surface area contributed by atoms with Gasteiger partial charge in [0.05, 0.1) is 6.61 Å². The fourth-order valence-electron chi connectivity index (χ4n) is 3.46. The fourth-order valence-corrected chi connectivity index (χ4v) is 3.46. The van der Waals surface area contributed by atoms with Gasteiger partial charge in [0.1, 0.15) is 5.75 Å². The summed E-state index contributed by atoms with van der Waals surface area (Å²) in [4.78, 5) is 2.66. The lowest BCUT2D eigenvalue weighted by Gasteiger charge is -2.50. The van der Waals surface area contributed by atoms with Crippen molar-refractivity contribution in [2.24, 2.45) is 5.92 Å². The van der Waals surface area contributed by atoms with E-state index < -0.39 is 0 Å². The van der Waals surface area contributed by atoms with Crippen LogP contribution in [0.5, 0.6) is 5.75 Å².